The van der Waals surface area contributed by atoms with E-state index in [0.29, 0.717) is 29.1 Å². The highest BCUT2D eigenvalue weighted by Crippen LogP contribution is 2.28. The second-order valence-corrected chi connectivity index (χ2v) is 12.8. The minimum Gasteiger partial charge on any atom is -0.310 e. The van der Waals surface area contributed by atoms with E-state index in [-0.39, 0.29) is 29.5 Å². The molecule has 0 bridgehead atoms. The molecule has 0 radical (unpaired) electrons. The third-order valence-corrected chi connectivity index (χ3v) is 9.95. The molecule has 1 aliphatic rings. The first-order chi connectivity index (χ1) is 15.8. The van der Waals surface area contributed by atoms with Gasteiger partial charge in [-0.1, -0.05) is 66.7 Å². The number of hydrogen-bond donors (Lipinski definition) is 1. The van der Waals surface area contributed by atoms with Crippen LogP contribution in [0.1, 0.15) is 18.4 Å². The van der Waals surface area contributed by atoms with Gasteiger partial charge in [-0.2, -0.15) is 0 Å². The van der Waals surface area contributed by atoms with Crippen molar-refractivity contribution >= 4 is 19.7 Å². The fraction of sp³-hybridized carbons (Fsp3) is 0.308. The highest BCUT2D eigenvalue weighted by Gasteiger charge is 2.35. The number of benzene rings is 3. The average Bonchev–Trinajstić information content (AvgIpc) is 2.82. The zero-order valence-corrected chi connectivity index (χ0v) is 20.0. The maximum atomic E-state index is 13.1. The monoisotopic (exact) mass is 483 g/mol. The van der Waals surface area contributed by atoms with Crippen LogP contribution in [0.15, 0.2) is 101 Å². The summed E-state index contributed by atoms with van der Waals surface area (Å²) in [5, 5.41) is 3.51. The molecule has 0 aromatic heterocycles. The van der Waals surface area contributed by atoms with Crippen molar-refractivity contribution in [3.05, 3.63) is 96.6 Å². The standard InChI is InChI=1S/C26H29NO4S2/c28-32(29,24-12-6-2-7-13-24)19-22-16-17-23(20-33(30,31)25-14-8-3-9-15-25)27-26(22)18-21-10-4-1-5-11-21/h1-15,22-23,26-27H,16-20H2/t22-,23-,26-/m0/s1. The van der Waals surface area contributed by atoms with E-state index >= 15 is 0 Å². The SMILES string of the molecule is O=S(=O)(C[C@@H]1CC[C@@H](CS(=O)(=O)c2ccccc2)[C@H](Cc2ccccc2)N1)c1ccccc1. The molecule has 1 fully saturated rings. The van der Waals surface area contributed by atoms with Crippen LogP contribution in [-0.4, -0.2) is 40.4 Å². The van der Waals surface area contributed by atoms with Crippen molar-refractivity contribution in [2.24, 2.45) is 5.92 Å². The lowest BCUT2D eigenvalue weighted by atomic mass is 9.85. The number of piperidine rings is 1. The summed E-state index contributed by atoms with van der Waals surface area (Å²) >= 11 is 0. The molecule has 3 aromatic carbocycles. The topological polar surface area (TPSA) is 80.3 Å². The van der Waals surface area contributed by atoms with Crippen molar-refractivity contribution in [2.75, 3.05) is 11.5 Å². The molecular weight excluding hydrogens is 454 g/mol. The Morgan fingerprint density at radius 1 is 0.636 bits per heavy atom. The van der Waals surface area contributed by atoms with E-state index in [1.807, 2.05) is 30.3 Å². The van der Waals surface area contributed by atoms with Crippen LogP contribution in [0.4, 0.5) is 0 Å². The molecule has 1 aliphatic heterocycles. The van der Waals surface area contributed by atoms with E-state index in [2.05, 4.69) is 5.32 Å². The van der Waals surface area contributed by atoms with Gasteiger partial charge in [0, 0.05) is 12.1 Å². The van der Waals surface area contributed by atoms with Gasteiger partial charge in [-0.15, -0.1) is 0 Å². The lowest BCUT2D eigenvalue weighted by molar-refractivity contribution is 0.255. The predicted molar refractivity (Wildman–Crippen MR) is 131 cm³/mol. The van der Waals surface area contributed by atoms with Gasteiger partial charge in [0.05, 0.1) is 21.3 Å². The number of sulfone groups is 2. The van der Waals surface area contributed by atoms with Gasteiger partial charge < -0.3 is 5.32 Å². The van der Waals surface area contributed by atoms with E-state index in [4.69, 9.17) is 0 Å². The fourth-order valence-electron chi connectivity index (χ4n) is 4.56. The van der Waals surface area contributed by atoms with Gasteiger partial charge in [0.25, 0.3) is 0 Å². The molecule has 1 saturated heterocycles. The van der Waals surface area contributed by atoms with E-state index in [1.54, 1.807) is 60.7 Å². The molecule has 0 aliphatic carbocycles. The Hall–Kier alpha value is -2.48. The predicted octanol–water partition coefficient (Wildman–Crippen LogP) is 3.91. The van der Waals surface area contributed by atoms with E-state index in [1.165, 1.54) is 0 Å². The molecule has 3 aromatic rings. The Labute approximate surface area is 196 Å². The summed E-state index contributed by atoms with van der Waals surface area (Å²) in [6.45, 7) is 0. The maximum absolute atomic E-state index is 13.1. The first kappa shape index (κ1) is 23.7. The molecule has 0 amide bonds. The number of hydrogen-bond acceptors (Lipinski definition) is 5. The molecule has 5 nitrogen and oxygen atoms in total. The van der Waals surface area contributed by atoms with Crippen LogP contribution in [0.2, 0.25) is 0 Å². The molecule has 7 heteroatoms. The highest BCUT2D eigenvalue weighted by molar-refractivity contribution is 7.91. The second-order valence-electron chi connectivity index (χ2n) is 8.69. The molecule has 1 N–H and O–H groups in total. The van der Waals surface area contributed by atoms with Crippen LogP contribution >= 0.6 is 0 Å². The summed E-state index contributed by atoms with van der Waals surface area (Å²) < 4.78 is 52.0. The first-order valence-corrected chi connectivity index (χ1v) is 14.5. The zero-order chi connectivity index (χ0) is 23.3. The van der Waals surface area contributed by atoms with Crippen LogP contribution in [0, 0.1) is 5.92 Å². The summed E-state index contributed by atoms with van der Waals surface area (Å²) in [4.78, 5) is 0.650. The summed E-state index contributed by atoms with van der Waals surface area (Å²) in [7, 11) is -6.87. The molecule has 0 unspecified atom stereocenters. The fourth-order valence-corrected chi connectivity index (χ4v) is 7.84. The van der Waals surface area contributed by atoms with Crippen molar-refractivity contribution in [3.63, 3.8) is 0 Å². The molecule has 1 heterocycles. The Kier molecular flexibility index (Phi) is 7.32. The van der Waals surface area contributed by atoms with Crippen LogP contribution in [0.5, 0.6) is 0 Å². The van der Waals surface area contributed by atoms with Gasteiger partial charge in [0.2, 0.25) is 0 Å². The van der Waals surface area contributed by atoms with Crippen LogP contribution < -0.4 is 5.32 Å². The number of nitrogens with one attached hydrogen (secondary N) is 1. The van der Waals surface area contributed by atoms with Crippen molar-refractivity contribution in [2.45, 2.75) is 41.1 Å². The maximum Gasteiger partial charge on any atom is 0.179 e. The Bertz CT molecular complexity index is 1250. The molecular formula is C26H29NO4S2. The normalized spacial score (nSPS) is 21.5. The van der Waals surface area contributed by atoms with Crippen molar-refractivity contribution in [1.82, 2.24) is 5.32 Å². The van der Waals surface area contributed by atoms with Gasteiger partial charge in [-0.3, -0.25) is 0 Å². The summed E-state index contributed by atoms with van der Waals surface area (Å²) in [6, 6.07) is 26.6. The lowest BCUT2D eigenvalue weighted by Gasteiger charge is -2.37. The quantitative estimate of drug-likeness (QED) is 0.525. The third kappa shape index (κ3) is 6.10. The van der Waals surface area contributed by atoms with Crippen molar-refractivity contribution in [3.8, 4) is 0 Å². The molecule has 4 rings (SSSR count). The van der Waals surface area contributed by atoms with Gasteiger partial charge in [0.15, 0.2) is 19.7 Å². The third-order valence-electron chi connectivity index (χ3n) is 6.26. The van der Waals surface area contributed by atoms with Gasteiger partial charge in [0.1, 0.15) is 0 Å². The summed E-state index contributed by atoms with van der Waals surface area (Å²) in [5.41, 5.74) is 1.10. The smallest absolute Gasteiger partial charge is 0.179 e. The van der Waals surface area contributed by atoms with Crippen molar-refractivity contribution < 1.29 is 16.8 Å². The summed E-state index contributed by atoms with van der Waals surface area (Å²) in [5.74, 6) is -0.0637. The molecule has 33 heavy (non-hydrogen) atoms. The molecule has 0 spiro atoms. The Morgan fingerprint density at radius 3 is 1.67 bits per heavy atom. The van der Waals surface area contributed by atoms with E-state index < -0.39 is 19.7 Å². The van der Waals surface area contributed by atoms with Gasteiger partial charge in [-0.25, -0.2) is 16.8 Å². The minimum atomic E-state index is -3.44. The van der Waals surface area contributed by atoms with Gasteiger partial charge in [-0.05, 0) is 55.0 Å². The minimum absolute atomic E-state index is 0.000455. The number of rotatable bonds is 8. The van der Waals surface area contributed by atoms with Crippen LogP contribution in [0.3, 0.4) is 0 Å². The Balaban J connectivity index is 1.53. The lowest BCUT2D eigenvalue weighted by Crippen LogP contribution is -2.52. The molecule has 174 valence electrons. The largest absolute Gasteiger partial charge is 0.310 e. The molecule has 0 saturated carbocycles. The van der Waals surface area contributed by atoms with E-state index in [0.717, 1.165) is 5.56 Å². The highest BCUT2D eigenvalue weighted by atomic mass is 32.2. The van der Waals surface area contributed by atoms with Gasteiger partial charge >= 0.3 is 0 Å². The first-order valence-electron chi connectivity index (χ1n) is 11.2. The second kappa shape index (κ2) is 10.2. The molecule has 3 atom stereocenters. The van der Waals surface area contributed by atoms with Crippen LogP contribution in [0.25, 0.3) is 0 Å². The zero-order valence-electron chi connectivity index (χ0n) is 18.4. The van der Waals surface area contributed by atoms with Crippen LogP contribution in [-0.2, 0) is 26.1 Å². The van der Waals surface area contributed by atoms with Crippen molar-refractivity contribution in [1.29, 1.82) is 0 Å². The average molecular weight is 484 g/mol. The Morgan fingerprint density at radius 2 is 1.12 bits per heavy atom. The van der Waals surface area contributed by atoms with E-state index in [9.17, 15) is 16.8 Å². The summed E-state index contributed by atoms with van der Waals surface area (Å²) in [6.07, 6.45) is 1.93.